The molecule has 0 heterocycles. The van der Waals surface area contributed by atoms with Gasteiger partial charge in [0.1, 0.15) is 16.1 Å². The second kappa shape index (κ2) is 7.68. The van der Waals surface area contributed by atoms with E-state index in [1.165, 1.54) is 0 Å². The van der Waals surface area contributed by atoms with Gasteiger partial charge in [-0.15, -0.1) is 0 Å². The molecule has 0 atom stereocenters. The quantitative estimate of drug-likeness (QED) is 0.374. The molecule has 0 aliphatic rings. The Hall–Kier alpha value is -0.320. The first-order chi connectivity index (χ1) is 4.41. The van der Waals surface area contributed by atoms with Gasteiger partial charge in [-0.25, -0.2) is 0 Å². The highest BCUT2D eigenvalue weighted by Crippen LogP contribution is 1.89. The van der Waals surface area contributed by atoms with Crippen LogP contribution in [0.4, 0.5) is 0 Å². The summed E-state index contributed by atoms with van der Waals surface area (Å²) in [5.74, 6) is 0. The van der Waals surface area contributed by atoms with Gasteiger partial charge in [-0.2, -0.15) is 5.11 Å². The Morgan fingerprint density at radius 3 is 2.67 bits per heavy atom. The molecule has 0 saturated carbocycles. The second-order valence-corrected chi connectivity index (χ2v) is 1.79. The van der Waals surface area contributed by atoms with Crippen molar-refractivity contribution in [3.8, 4) is 0 Å². The SMILES string of the molecule is CCCCN=N/N=N/Br. The van der Waals surface area contributed by atoms with E-state index in [1.54, 1.807) is 0 Å². The predicted molar refractivity (Wildman–Crippen MR) is 38.4 cm³/mol. The van der Waals surface area contributed by atoms with Crippen LogP contribution in [0.5, 0.6) is 0 Å². The van der Waals surface area contributed by atoms with E-state index in [4.69, 9.17) is 0 Å². The maximum absolute atomic E-state index is 3.69. The van der Waals surface area contributed by atoms with E-state index in [1.807, 2.05) is 0 Å². The van der Waals surface area contributed by atoms with Gasteiger partial charge in [0.05, 0.1) is 6.54 Å². The fourth-order valence-corrected chi connectivity index (χ4v) is 0.380. The van der Waals surface area contributed by atoms with Gasteiger partial charge in [-0.05, 0) is 16.9 Å². The zero-order valence-corrected chi connectivity index (χ0v) is 6.87. The third kappa shape index (κ3) is 7.68. The van der Waals surface area contributed by atoms with E-state index in [2.05, 4.69) is 42.8 Å². The summed E-state index contributed by atoms with van der Waals surface area (Å²) in [6.45, 7) is 2.84. The molecule has 0 amide bonds. The van der Waals surface area contributed by atoms with Gasteiger partial charge in [0.2, 0.25) is 0 Å². The van der Waals surface area contributed by atoms with E-state index in [-0.39, 0.29) is 0 Å². The van der Waals surface area contributed by atoms with E-state index >= 15 is 0 Å². The van der Waals surface area contributed by atoms with Crippen LogP contribution < -0.4 is 0 Å². The first-order valence-electron chi connectivity index (χ1n) is 2.79. The van der Waals surface area contributed by atoms with Gasteiger partial charge >= 0.3 is 0 Å². The van der Waals surface area contributed by atoms with Crippen molar-refractivity contribution in [1.29, 1.82) is 0 Å². The lowest BCUT2D eigenvalue weighted by atomic mass is 10.3. The number of rotatable bonds is 4. The highest BCUT2D eigenvalue weighted by Gasteiger charge is 1.76. The van der Waals surface area contributed by atoms with Crippen LogP contribution in [0.2, 0.25) is 0 Å². The lowest BCUT2D eigenvalue weighted by molar-refractivity contribution is 0.757. The molecule has 5 heteroatoms. The Balaban J connectivity index is 3.04. The summed E-state index contributed by atoms with van der Waals surface area (Å²) in [7, 11) is 0. The number of unbranched alkanes of at least 4 members (excludes halogenated alkanes) is 1. The van der Waals surface area contributed by atoms with Crippen LogP contribution in [0.25, 0.3) is 0 Å². The van der Waals surface area contributed by atoms with Gasteiger partial charge in [0, 0.05) is 0 Å². The maximum atomic E-state index is 3.69. The van der Waals surface area contributed by atoms with Crippen LogP contribution in [0, 0.1) is 0 Å². The van der Waals surface area contributed by atoms with Crippen molar-refractivity contribution in [3.63, 3.8) is 0 Å². The van der Waals surface area contributed by atoms with Crippen LogP contribution in [-0.2, 0) is 0 Å². The Labute approximate surface area is 62.8 Å². The largest absolute Gasteiger partial charge is 0.167 e. The Morgan fingerprint density at radius 2 is 2.11 bits per heavy atom. The minimum absolute atomic E-state index is 0.739. The van der Waals surface area contributed by atoms with Crippen LogP contribution in [0.3, 0.4) is 0 Å². The van der Waals surface area contributed by atoms with Crippen LogP contribution in [0.15, 0.2) is 19.7 Å². The molecule has 0 fully saturated rings. The third-order valence-corrected chi connectivity index (χ3v) is 0.891. The minimum atomic E-state index is 0.739. The molecule has 0 spiro atoms. The van der Waals surface area contributed by atoms with Crippen molar-refractivity contribution in [2.75, 3.05) is 6.54 Å². The maximum Gasteiger partial charge on any atom is 0.102 e. The molecule has 0 radical (unpaired) electrons. The average Bonchev–Trinajstić information content (AvgIpc) is 1.89. The molecule has 0 unspecified atom stereocenters. The van der Waals surface area contributed by atoms with E-state index in [0.717, 1.165) is 19.4 Å². The molecular formula is C4H9BrN4. The number of hydrogen-bond donors (Lipinski definition) is 0. The fourth-order valence-electron chi connectivity index (χ4n) is 0.317. The summed E-state index contributed by atoms with van der Waals surface area (Å²) in [6, 6.07) is 0. The van der Waals surface area contributed by atoms with Gasteiger partial charge in [-0.1, -0.05) is 17.5 Å². The fraction of sp³-hybridized carbons (Fsp3) is 1.00. The molecule has 9 heavy (non-hydrogen) atoms. The number of hydrogen-bond acceptors (Lipinski definition) is 2. The van der Waals surface area contributed by atoms with E-state index in [9.17, 15) is 0 Å². The second-order valence-electron chi connectivity index (χ2n) is 1.47. The van der Waals surface area contributed by atoms with Crippen molar-refractivity contribution in [1.82, 2.24) is 0 Å². The van der Waals surface area contributed by atoms with Crippen LogP contribution in [-0.4, -0.2) is 6.54 Å². The van der Waals surface area contributed by atoms with Crippen molar-refractivity contribution in [3.05, 3.63) is 0 Å². The summed E-state index contributed by atoms with van der Waals surface area (Å²) in [5.41, 5.74) is 0. The summed E-state index contributed by atoms with van der Waals surface area (Å²) in [6.07, 6.45) is 2.19. The summed E-state index contributed by atoms with van der Waals surface area (Å²) in [4.78, 5) is 0. The molecule has 0 aromatic rings. The summed E-state index contributed by atoms with van der Waals surface area (Å²) < 4.78 is 3.21. The van der Waals surface area contributed by atoms with Gasteiger partial charge < -0.3 is 0 Å². The predicted octanol–water partition coefficient (Wildman–Crippen LogP) is 2.92. The highest BCUT2D eigenvalue weighted by molar-refractivity contribution is 9.08. The lowest BCUT2D eigenvalue weighted by Gasteiger charge is -1.82. The van der Waals surface area contributed by atoms with Gasteiger partial charge in [0.15, 0.2) is 0 Å². The van der Waals surface area contributed by atoms with Crippen molar-refractivity contribution in [2.45, 2.75) is 19.8 Å². The Kier molecular flexibility index (Phi) is 7.41. The average molecular weight is 193 g/mol. The highest BCUT2D eigenvalue weighted by atomic mass is 79.9. The van der Waals surface area contributed by atoms with Crippen LogP contribution >= 0.6 is 16.1 Å². The Bertz CT molecular complexity index is 101. The third-order valence-electron chi connectivity index (χ3n) is 0.749. The summed E-state index contributed by atoms with van der Waals surface area (Å²) in [5, 5.41) is 10.3. The van der Waals surface area contributed by atoms with Crippen LogP contribution in [0.1, 0.15) is 19.8 Å². The minimum Gasteiger partial charge on any atom is -0.167 e. The molecule has 0 aliphatic heterocycles. The van der Waals surface area contributed by atoms with Gasteiger partial charge in [0.25, 0.3) is 0 Å². The zero-order valence-electron chi connectivity index (χ0n) is 5.29. The molecule has 4 nitrogen and oxygen atoms in total. The molecule has 0 saturated heterocycles. The number of halogens is 1. The molecule has 0 aromatic heterocycles. The first kappa shape index (κ1) is 8.68. The standard InChI is InChI=1S/C4H9BrN4/c1-2-3-4-6-8-9-7-5/h2-4H2,1H3/b8-6?,9-7+. The van der Waals surface area contributed by atoms with E-state index < -0.39 is 0 Å². The first-order valence-corrected chi connectivity index (χ1v) is 3.50. The molecule has 52 valence electrons. The zero-order chi connectivity index (χ0) is 6.95. The summed E-state index contributed by atoms with van der Waals surface area (Å²) >= 11 is 2.72. The normalized spacial score (nSPS) is 11.8. The van der Waals surface area contributed by atoms with Crippen molar-refractivity contribution in [2.24, 2.45) is 19.7 Å². The van der Waals surface area contributed by atoms with E-state index in [0.29, 0.717) is 0 Å². The van der Waals surface area contributed by atoms with Gasteiger partial charge in [-0.3, -0.25) is 0 Å². The Morgan fingerprint density at radius 1 is 1.33 bits per heavy atom. The topological polar surface area (TPSA) is 49.4 Å². The molecule has 0 N–H and O–H groups in total. The molecule has 0 aliphatic carbocycles. The molecular weight excluding hydrogens is 184 g/mol. The molecule has 0 aromatic carbocycles. The molecule has 0 rings (SSSR count). The molecule has 0 bridgehead atoms. The number of nitrogens with zero attached hydrogens (tertiary/aromatic N) is 4. The van der Waals surface area contributed by atoms with Crippen molar-refractivity contribution < 1.29 is 0 Å². The van der Waals surface area contributed by atoms with Crippen molar-refractivity contribution >= 4 is 16.1 Å². The monoisotopic (exact) mass is 192 g/mol. The smallest absolute Gasteiger partial charge is 0.102 e. The lowest BCUT2D eigenvalue weighted by Crippen LogP contribution is -1.73.